The van der Waals surface area contributed by atoms with Gasteiger partial charge in [0.15, 0.2) is 5.58 Å². The Morgan fingerprint density at radius 2 is 2.00 bits per heavy atom. The molecule has 1 aliphatic heterocycles. The summed E-state index contributed by atoms with van der Waals surface area (Å²) in [7, 11) is 0. The van der Waals surface area contributed by atoms with Crippen LogP contribution in [0.5, 0.6) is 0 Å². The number of fused-ring (bicyclic) bond motifs is 1. The molecule has 0 aliphatic carbocycles. The van der Waals surface area contributed by atoms with Crippen molar-refractivity contribution in [3.63, 3.8) is 0 Å². The third kappa shape index (κ3) is 3.98. The Morgan fingerprint density at radius 1 is 1.21 bits per heavy atom. The summed E-state index contributed by atoms with van der Waals surface area (Å²) in [6.45, 7) is 1.38. The molecule has 3 aromatic rings. The Bertz CT molecular complexity index is 1090. The number of piperazine rings is 1. The number of primary amides is 1. The molecule has 1 aliphatic rings. The van der Waals surface area contributed by atoms with Crippen molar-refractivity contribution in [2.75, 3.05) is 24.5 Å². The fourth-order valence-electron chi connectivity index (χ4n) is 3.65. The minimum absolute atomic E-state index is 0.126. The van der Waals surface area contributed by atoms with E-state index in [1.807, 2.05) is 23.1 Å². The molecule has 9 heteroatoms. The van der Waals surface area contributed by atoms with Gasteiger partial charge in [0.25, 0.3) is 0 Å². The number of aromatic nitrogens is 2. The van der Waals surface area contributed by atoms with E-state index in [0.717, 1.165) is 11.3 Å². The maximum atomic E-state index is 12.8. The standard InChI is InChI=1S/C20H21N5O4/c21-19(27)16-12-24(14-5-7-22-8-6-14)9-10-25(16)18(26)4-2-13-1-3-15-17(11-13)29-20(28)23-15/h1,3,5-8,11,16H,2,4,9-10,12H2,(H2,21,27)(H,23,28). The maximum absolute atomic E-state index is 12.8. The lowest BCUT2D eigenvalue weighted by Gasteiger charge is -2.41. The van der Waals surface area contributed by atoms with Crippen LogP contribution in [-0.4, -0.2) is 52.4 Å². The Kier molecular flexibility index (Phi) is 5.03. The van der Waals surface area contributed by atoms with Crippen molar-refractivity contribution >= 4 is 28.6 Å². The van der Waals surface area contributed by atoms with Gasteiger partial charge >= 0.3 is 5.76 Å². The Balaban J connectivity index is 1.42. The number of hydrogen-bond acceptors (Lipinski definition) is 6. The van der Waals surface area contributed by atoms with Gasteiger partial charge in [0.05, 0.1) is 5.52 Å². The normalized spacial score (nSPS) is 16.9. The highest BCUT2D eigenvalue weighted by molar-refractivity contribution is 5.88. The highest BCUT2D eigenvalue weighted by atomic mass is 16.4. The van der Waals surface area contributed by atoms with Crippen LogP contribution in [0.3, 0.4) is 0 Å². The van der Waals surface area contributed by atoms with Crippen LogP contribution in [0.25, 0.3) is 11.1 Å². The van der Waals surface area contributed by atoms with Crippen LogP contribution in [0.15, 0.2) is 51.9 Å². The first-order valence-corrected chi connectivity index (χ1v) is 9.37. The van der Waals surface area contributed by atoms with Crippen molar-refractivity contribution in [3.05, 3.63) is 58.8 Å². The summed E-state index contributed by atoms with van der Waals surface area (Å²) in [5.74, 6) is -1.16. The number of aryl methyl sites for hydroxylation is 1. The van der Waals surface area contributed by atoms with Gasteiger partial charge in [-0.15, -0.1) is 0 Å². The summed E-state index contributed by atoms with van der Waals surface area (Å²) < 4.78 is 5.06. The lowest BCUT2D eigenvalue weighted by Crippen LogP contribution is -2.60. The second-order valence-electron chi connectivity index (χ2n) is 7.00. The van der Waals surface area contributed by atoms with E-state index < -0.39 is 17.7 Å². The van der Waals surface area contributed by atoms with E-state index in [0.29, 0.717) is 37.2 Å². The molecule has 1 saturated heterocycles. The number of oxazole rings is 1. The number of nitrogens with two attached hydrogens (primary N) is 1. The first-order valence-electron chi connectivity index (χ1n) is 9.37. The number of rotatable bonds is 5. The number of nitrogens with zero attached hydrogens (tertiary/aromatic N) is 3. The van der Waals surface area contributed by atoms with Gasteiger partial charge in [0.1, 0.15) is 6.04 Å². The van der Waals surface area contributed by atoms with E-state index in [-0.39, 0.29) is 12.3 Å². The molecule has 0 bridgehead atoms. The van der Waals surface area contributed by atoms with Gasteiger partial charge < -0.3 is 20.0 Å². The Labute approximate surface area is 166 Å². The zero-order valence-electron chi connectivity index (χ0n) is 15.7. The number of H-pyrrole nitrogens is 1. The first kappa shape index (κ1) is 18.7. The third-order valence-corrected chi connectivity index (χ3v) is 5.17. The van der Waals surface area contributed by atoms with Crippen LogP contribution in [0.1, 0.15) is 12.0 Å². The van der Waals surface area contributed by atoms with Crippen LogP contribution in [0, 0.1) is 0 Å². The second-order valence-corrected chi connectivity index (χ2v) is 7.00. The van der Waals surface area contributed by atoms with Crippen molar-refractivity contribution in [2.24, 2.45) is 5.73 Å². The molecule has 1 fully saturated rings. The van der Waals surface area contributed by atoms with Crippen molar-refractivity contribution in [3.8, 4) is 0 Å². The third-order valence-electron chi connectivity index (χ3n) is 5.17. The molecule has 1 atom stereocenters. The quantitative estimate of drug-likeness (QED) is 0.653. The lowest BCUT2D eigenvalue weighted by atomic mass is 10.1. The van der Waals surface area contributed by atoms with Gasteiger partial charge in [-0.05, 0) is 36.2 Å². The van der Waals surface area contributed by atoms with Gasteiger partial charge in [-0.3, -0.25) is 19.6 Å². The predicted molar refractivity (Wildman–Crippen MR) is 106 cm³/mol. The lowest BCUT2D eigenvalue weighted by molar-refractivity contribution is -0.139. The maximum Gasteiger partial charge on any atom is 0.417 e. The summed E-state index contributed by atoms with van der Waals surface area (Å²) in [5, 5.41) is 0. The smallest absolute Gasteiger partial charge is 0.408 e. The van der Waals surface area contributed by atoms with Crippen LogP contribution in [0.2, 0.25) is 0 Å². The SMILES string of the molecule is NC(=O)C1CN(c2ccncc2)CCN1C(=O)CCc1ccc2[nH]c(=O)oc2c1. The Hall–Kier alpha value is -3.62. The molecule has 2 amide bonds. The number of carbonyl (C=O) groups excluding carboxylic acids is 2. The highest BCUT2D eigenvalue weighted by Crippen LogP contribution is 2.20. The van der Waals surface area contributed by atoms with Crippen molar-refractivity contribution < 1.29 is 14.0 Å². The zero-order chi connectivity index (χ0) is 20.4. The summed E-state index contributed by atoms with van der Waals surface area (Å²) in [6.07, 6.45) is 4.09. The fourth-order valence-corrected chi connectivity index (χ4v) is 3.65. The molecule has 150 valence electrons. The average Bonchev–Trinajstić information content (AvgIpc) is 3.11. The molecule has 3 heterocycles. The van der Waals surface area contributed by atoms with Gasteiger partial charge in [-0.1, -0.05) is 6.07 Å². The van der Waals surface area contributed by atoms with E-state index in [4.69, 9.17) is 10.2 Å². The summed E-state index contributed by atoms with van der Waals surface area (Å²) in [4.78, 5) is 46.3. The average molecular weight is 395 g/mol. The van der Waals surface area contributed by atoms with Crippen LogP contribution < -0.4 is 16.4 Å². The molecule has 4 rings (SSSR count). The first-order chi connectivity index (χ1) is 14.0. The number of carbonyl (C=O) groups is 2. The summed E-state index contributed by atoms with van der Waals surface area (Å²) >= 11 is 0. The van der Waals surface area contributed by atoms with E-state index in [9.17, 15) is 14.4 Å². The number of nitrogens with one attached hydrogen (secondary N) is 1. The van der Waals surface area contributed by atoms with Crippen molar-refractivity contribution in [2.45, 2.75) is 18.9 Å². The van der Waals surface area contributed by atoms with Gasteiger partial charge in [0, 0.05) is 44.1 Å². The molecular formula is C20H21N5O4. The molecule has 3 N–H and O–H groups in total. The summed E-state index contributed by atoms with van der Waals surface area (Å²) in [6, 6.07) is 8.38. The number of aromatic amines is 1. The number of anilines is 1. The van der Waals surface area contributed by atoms with E-state index >= 15 is 0 Å². The number of hydrogen-bond donors (Lipinski definition) is 2. The predicted octanol–water partition coefficient (Wildman–Crippen LogP) is 0.651. The van der Waals surface area contributed by atoms with Crippen molar-refractivity contribution in [1.29, 1.82) is 0 Å². The van der Waals surface area contributed by atoms with Crippen LogP contribution in [0.4, 0.5) is 5.69 Å². The molecule has 0 radical (unpaired) electrons. The van der Waals surface area contributed by atoms with Gasteiger partial charge in [0.2, 0.25) is 11.8 Å². The topological polar surface area (TPSA) is 126 Å². The Morgan fingerprint density at radius 3 is 2.76 bits per heavy atom. The molecule has 0 saturated carbocycles. The van der Waals surface area contributed by atoms with Crippen molar-refractivity contribution in [1.82, 2.24) is 14.9 Å². The fraction of sp³-hybridized carbons (Fsp3) is 0.300. The molecule has 1 aromatic carbocycles. The van der Waals surface area contributed by atoms with E-state index in [2.05, 4.69) is 9.97 Å². The minimum atomic E-state index is -0.686. The molecule has 1 unspecified atom stereocenters. The number of benzene rings is 1. The highest BCUT2D eigenvalue weighted by Gasteiger charge is 2.33. The zero-order valence-corrected chi connectivity index (χ0v) is 15.7. The molecule has 29 heavy (non-hydrogen) atoms. The number of pyridine rings is 1. The molecule has 2 aromatic heterocycles. The van der Waals surface area contributed by atoms with Gasteiger partial charge in [-0.2, -0.15) is 0 Å². The van der Waals surface area contributed by atoms with Crippen LogP contribution >= 0.6 is 0 Å². The minimum Gasteiger partial charge on any atom is -0.408 e. The monoisotopic (exact) mass is 395 g/mol. The van der Waals surface area contributed by atoms with Gasteiger partial charge in [-0.25, -0.2) is 4.79 Å². The van der Waals surface area contributed by atoms with E-state index in [1.165, 1.54) is 0 Å². The van der Waals surface area contributed by atoms with E-state index in [1.54, 1.807) is 29.4 Å². The molecular weight excluding hydrogens is 374 g/mol. The second kappa shape index (κ2) is 7.78. The largest absolute Gasteiger partial charge is 0.417 e. The number of amides is 2. The molecule has 9 nitrogen and oxygen atoms in total. The summed E-state index contributed by atoms with van der Waals surface area (Å²) in [5.41, 5.74) is 8.48. The molecule has 0 spiro atoms. The van der Waals surface area contributed by atoms with Crippen LogP contribution in [-0.2, 0) is 16.0 Å².